The maximum absolute atomic E-state index is 12.6. The van der Waals surface area contributed by atoms with Crippen LogP contribution in [0, 0.1) is 0 Å². The number of ether oxygens (including phenoxy) is 1. The Balaban J connectivity index is 1.51. The lowest BCUT2D eigenvalue weighted by atomic mass is 10.0. The van der Waals surface area contributed by atoms with Crippen LogP contribution in [0.5, 0.6) is 0 Å². The molecule has 3 aliphatic heterocycles. The molecule has 12 heteroatoms. The molecule has 26 heavy (non-hydrogen) atoms. The monoisotopic (exact) mass is 395 g/mol. The van der Waals surface area contributed by atoms with E-state index in [0.717, 1.165) is 16.9 Å². The van der Waals surface area contributed by atoms with E-state index in [0.29, 0.717) is 11.4 Å². The van der Waals surface area contributed by atoms with E-state index in [9.17, 15) is 14.4 Å². The van der Waals surface area contributed by atoms with Gasteiger partial charge in [0.1, 0.15) is 36.5 Å². The molecule has 4 heterocycles. The molecule has 1 saturated heterocycles. The second kappa shape index (κ2) is 6.29. The molecule has 3 aliphatic rings. The van der Waals surface area contributed by atoms with Gasteiger partial charge in [-0.3, -0.25) is 14.5 Å². The van der Waals surface area contributed by atoms with Gasteiger partial charge in [0.05, 0.1) is 0 Å². The van der Waals surface area contributed by atoms with E-state index in [1.165, 1.54) is 23.8 Å². The van der Waals surface area contributed by atoms with Crippen molar-refractivity contribution in [3.8, 4) is 0 Å². The van der Waals surface area contributed by atoms with Gasteiger partial charge in [-0.25, -0.2) is 9.78 Å². The summed E-state index contributed by atoms with van der Waals surface area (Å²) in [6, 6.07) is -0.770. The fraction of sp³-hybridized carbons (Fsp3) is 0.357. The highest BCUT2D eigenvalue weighted by molar-refractivity contribution is 8.00. The van der Waals surface area contributed by atoms with Crippen molar-refractivity contribution in [3.05, 3.63) is 22.3 Å². The van der Waals surface area contributed by atoms with Crippen LogP contribution >= 0.6 is 23.1 Å². The van der Waals surface area contributed by atoms with Crippen LogP contribution in [-0.4, -0.2) is 64.3 Å². The molecular weight excluding hydrogens is 382 g/mol. The molecule has 0 radical (unpaired) electrons. The molecule has 2 amide bonds. The van der Waals surface area contributed by atoms with Crippen molar-refractivity contribution in [1.82, 2.24) is 15.2 Å². The molecule has 0 unspecified atom stereocenters. The first kappa shape index (κ1) is 16.8. The number of nitrogens with two attached hydrogens (primary N) is 1. The Morgan fingerprint density at radius 1 is 1.54 bits per heavy atom. The zero-order valence-corrected chi connectivity index (χ0v) is 15.1. The molecule has 10 nitrogen and oxygen atoms in total. The molecule has 4 rings (SSSR count). The number of hydrogen-bond acceptors (Lipinski definition) is 10. The van der Waals surface area contributed by atoms with E-state index in [1.807, 2.05) is 0 Å². The summed E-state index contributed by atoms with van der Waals surface area (Å²) in [4.78, 5) is 47.0. The largest absolute Gasteiger partial charge is 0.456 e. The Bertz CT molecular complexity index is 879. The summed E-state index contributed by atoms with van der Waals surface area (Å²) < 4.78 is 4.99. The van der Waals surface area contributed by atoms with E-state index >= 15 is 0 Å². The number of amides is 2. The maximum Gasteiger partial charge on any atom is 0.355 e. The molecule has 0 saturated carbocycles. The predicted octanol–water partition coefficient (Wildman–Crippen LogP) is -0.713. The summed E-state index contributed by atoms with van der Waals surface area (Å²) in [7, 11) is 1.30. The summed E-state index contributed by atoms with van der Waals surface area (Å²) in [6.07, 6.45) is 0. The van der Waals surface area contributed by atoms with E-state index in [2.05, 4.69) is 15.5 Å². The summed E-state index contributed by atoms with van der Waals surface area (Å²) in [5.41, 5.74) is 6.88. The normalized spacial score (nSPS) is 24.7. The Labute approximate surface area is 155 Å². The van der Waals surface area contributed by atoms with Crippen LogP contribution < -0.4 is 11.1 Å². The van der Waals surface area contributed by atoms with Gasteiger partial charge in [-0.05, 0) is 0 Å². The van der Waals surface area contributed by atoms with Crippen LogP contribution in [0.15, 0.2) is 21.8 Å². The average Bonchev–Trinajstić information content (AvgIpc) is 3.22. The highest BCUT2D eigenvalue weighted by Gasteiger charge is 2.55. The number of nitrogen functional groups attached to an aromatic ring is 1. The number of cyclic esters (lactones) is 1. The molecule has 0 aliphatic carbocycles. The number of rotatable bonds is 4. The van der Waals surface area contributed by atoms with Crippen molar-refractivity contribution in [3.63, 3.8) is 0 Å². The number of carbonyl (C=O) groups is 3. The number of anilines is 1. The minimum absolute atomic E-state index is 0.0762. The molecule has 1 fully saturated rings. The third-order valence-electron chi connectivity index (χ3n) is 4.07. The summed E-state index contributed by atoms with van der Waals surface area (Å²) in [5, 5.41) is 7.82. The van der Waals surface area contributed by atoms with E-state index in [4.69, 9.17) is 15.3 Å². The Morgan fingerprint density at radius 3 is 3.04 bits per heavy atom. The van der Waals surface area contributed by atoms with Crippen LogP contribution in [0.2, 0.25) is 0 Å². The molecule has 1 aromatic rings. The first-order valence-corrected chi connectivity index (χ1v) is 9.41. The van der Waals surface area contributed by atoms with E-state index in [1.54, 1.807) is 5.38 Å². The smallest absolute Gasteiger partial charge is 0.355 e. The highest BCUT2D eigenvalue weighted by atomic mass is 32.2. The Kier molecular flexibility index (Phi) is 4.07. The lowest BCUT2D eigenvalue weighted by molar-refractivity contribution is -0.150. The maximum atomic E-state index is 12.6. The number of oxime groups is 1. The van der Waals surface area contributed by atoms with Gasteiger partial charge in [0.15, 0.2) is 10.8 Å². The number of nitrogens with zero attached hydrogens (tertiary/aromatic N) is 3. The molecule has 3 N–H and O–H groups in total. The lowest BCUT2D eigenvalue weighted by Gasteiger charge is -2.48. The van der Waals surface area contributed by atoms with E-state index < -0.39 is 17.9 Å². The zero-order valence-electron chi connectivity index (χ0n) is 13.4. The van der Waals surface area contributed by atoms with Gasteiger partial charge in [-0.1, -0.05) is 5.16 Å². The van der Waals surface area contributed by atoms with Crippen molar-refractivity contribution >= 4 is 51.7 Å². The van der Waals surface area contributed by atoms with Gasteiger partial charge < -0.3 is 20.6 Å². The third kappa shape index (κ3) is 2.52. The van der Waals surface area contributed by atoms with Gasteiger partial charge in [-0.2, -0.15) is 0 Å². The highest BCUT2D eigenvalue weighted by Crippen LogP contribution is 2.42. The fourth-order valence-electron chi connectivity index (χ4n) is 2.91. The molecule has 1 aromatic heterocycles. The van der Waals surface area contributed by atoms with Crippen molar-refractivity contribution in [2.24, 2.45) is 5.16 Å². The predicted molar refractivity (Wildman–Crippen MR) is 93.1 cm³/mol. The first-order chi connectivity index (χ1) is 12.5. The van der Waals surface area contributed by atoms with Gasteiger partial charge in [0.2, 0.25) is 0 Å². The quantitative estimate of drug-likeness (QED) is 0.295. The standard InChI is InChI=1S/C14H13N5O5S2/c1-23-18-7(6-4-26-14(15)16-6)10(20)17-8-11(21)19-9-5(2-24-13(9)22)3-25-12(8)19/h4,8,12H,2-3H2,1H3,(H2,15,16)(H,17,20)/b18-7-/t8-,12-/m1/s1. The SMILES string of the molecule is CO/N=C(\C(=O)N[C@@H]1C(=O)N2C3=C(COC3=O)CS[C@H]12)c1csc(N)n1. The Morgan fingerprint density at radius 2 is 2.35 bits per heavy atom. The second-order valence-corrected chi connectivity index (χ2v) is 7.58. The van der Waals surface area contributed by atoms with Crippen LogP contribution in [0.4, 0.5) is 5.13 Å². The van der Waals surface area contributed by atoms with Crippen LogP contribution in [-0.2, 0) is 24.0 Å². The minimum atomic E-state index is -0.770. The van der Waals surface area contributed by atoms with E-state index in [-0.39, 0.29) is 34.4 Å². The number of hydrogen-bond donors (Lipinski definition) is 2. The number of β-lactam (4-membered cyclic amide) rings is 1. The van der Waals surface area contributed by atoms with Crippen molar-refractivity contribution in [2.75, 3.05) is 25.2 Å². The zero-order chi connectivity index (χ0) is 18.4. The number of nitrogens with one attached hydrogen (secondary N) is 1. The molecule has 2 atom stereocenters. The number of carbonyl (C=O) groups excluding carboxylic acids is 3. The number of thiazole rings is 1. The molecular formula is C14H13N5O5S2. The first-order valence-electron chi connectivity index (χ1n) is 7.48. The van der Waals surface area contributed by atoms with Crippen molar-refractivity contribution in [2.45, 2.75) is 11.4 Å². The van der Waals surface area contributed by atoms with Crippen molar-refractivity contribution < 1.29 is 24.0 Å². The third-order valence-corrected chi connectivity index (χ3v) is 6.08. The summed E-state index contributed by atoms with van der Waals surface area (Å²) in [5.74, 6) is -0.896. The number of aromatic nitrogens is 1. The Hall–Kier alpha value is -2.60. The summed E-state index contributed by atoms with van der Waals surface area (Å²) in [6.45, 7) is 0.213. The topological polar surface area (TPSA) is 136 Å². The van der Waals surface area contributed by atoms with Crippen LogP contribution in [0.3, 0.4) is 0 Å². The molecule has 0 bridgehead atoms. The summed E-state index contributed by atoms with van der Waals surface area (Å²) >= 11 is 2.62. The average molecular weight is 395 g/mol. The minimum Gasteiger partial charge on any atom is -0.456 e. The van der Waals surface area contributed by atoms with Crippen LogP contribution in [0.1, 0.15) is 5.69 Å². The molecule has 136 valence electrons. The van der Waals surface area contributed by atoms with Gasteiger partial charge in [0.25, 0.3) is 11.8 Å². The number of fused-ring (bicyclic) bond motifs is 2. The number of esters is 1. The second-order valence-electron chi connectivity index (χ2n) is 5.58. The molecule has 0 spiro atoms. The van der Waals surface area contributed by atoms with Crippen molar-refractivity contribution in [1.29, 1.82) is 0 Å². The number of thioether (sulfide) groups is 1. The lowest BCUT2D eigenvalue weighted by Crippen LogP contribution is -2.70. The van der Waals surface area contributed by atoms with Gasteiger partial charge in [-0.15, -0.1) is 23.1 Å². The fourth-order valence-corrected chi connectivity index (χ4v) is 4.78. The molecule has 0 aromatic carbocycles. The van der Waals surface area contributed by atoms with Gasteiger partial charge >= 0.3 is 5.97 Å². The van der Waals surface area contributed by atoms with Gasteiger partial charge in [0, 0.05) is 16.7 Å². The van der Waals surface area contributed by atoms with Crippen LogP contribution in [0.25, 0.3) is 0 Å².